The Morgan fingerprint density at radius 3 is 1.25 bits per heavy atom. The fraction of sp³-hybridized carbons (Fsp3) is 0. The van der Waals surface area contributed by atoms with Crippen molar-refractivity contribution in [2.24, 2.45) is 0 Å². The van der Waals surface area contributed by atoms with Crippen molar-refractivity contribution in [2.75, 3.05) is 0 Å². The summed E-state index contributed by atoms with van der Waals surface area (Å²) in [5.74, 6) is 0. The monoisotopic (exact) mass is 94.0 g/mol. The summed E-state index contributed by atoms with van der Waals surface area (Å²) in [5, 5.41) is 0. The summed E-state index contributed by atoms with van der Waals surface area (Å²) in [6.07, 6.45) is 0. The molecule has 0 bridgehead atoms. The van der Waals surface area contributed by atoms with Crippen LogP contribution in [0.25, 0.3) is 0 Å². The van der Waals surface area contributed by atoms with Crippen molar-refractivity contribution >= 4 is 6.79 Å². The zero-order chi connectivity index (χ0) is 2.00. The maximum absolute atomic E-state index is 7.50. The quantitative estimate of drug-likeness (QED) is 0.410. The zero-order valence-electron chi connectivity index (χ0n) is 2.02. The van der Waals surface area contributed by atoms with Crippen LogP contribution in [0.15, 0.2) is 0 Å². The fourth-order valence-corrected chi connectivity index (χ4v) is 0. The van der Waals surface area contributed by atoms with E-state index in [1.165, 1.54) is 0 Å². The minimum Gasteiger partial charge on any atom is -0.281 e. The first-order valence-corrected chi connectivity index (χ1v) is 0.204. The summed E-state index contributed by atoms with van der Waals surface area (Å²) in [4.78, 5) is 7.50. The van der Waals surface area contributed by atoms with Crippen molar-refractivity contribution in [1.29, 1.82) is 0 Å². The van der Waals surface area contributed by atoms with E-state index in [2.05, 4.69) is 6.79 Å². The fourth-order valence-electron chi connectivity index (χ4n) is 0. The Kier molecular flexibility index (Phi) is 2820. The van der Waals surface area contributed by atoms with Gasteiger partial charge in [-0.25, -0.2) is 0 Å². The molecule has 0 rings (SSSR count). The molecular weight excluding hydrogens is 92.0 g/mol. The molecule has 0 fully saturated rings. The van der Waals surface area contributed by atoms with Crippen molar-refractivity contribution in [2.45, 2.75) is 0 Å². The van der Waals surface area contributed by atoms with E-state index >= 15 is 0 Å². The predicted octanol–water partition coefficient (Wildman–Crippen LogP) is -0.0723. The third-order valence-electron chi connectivity index (χ3n) is 0. The molecular formula is C2H2CrO. The summed E-state index contributed by atoms with van der Waals surface area (Å²) in [7, 11) is 0. The minimum atomic E-state index is 0. The Bertz CT molecular complexity index is 6.00. The number of hydrogen-bond donors (Lipinski definition) is 0. The Hall–Kier alpha value is 0.202. The molecule has 0 unspecified atom stereocenters. The molecule has 0 amide bonds. The number of hydrogen-bond acceptors (Lipinski definition) is 1. The van der Waals surface area contributed by atoms with Crippen LogP contribution in [-0.4, -0.2) is 6.79 Å². The van der Waals surface area contributed by atoms with Gasteiger partial charge in [-0.15, -0.1) is 0 Å². The van der Waals surface area contributed by atoms with Crippen LogP contribution >= 0.6 is 0 Å². The molecule has 0 N–H and O–H groups in total. The zero-order valence-corrected chi connectivity index (χ0v) is 3.30. The van der Waals surface area contributed by atoms with Crippen LogP contribution < -0.4 is 0 Å². The minimum absolute atomic E-state index is 0. The van der Waals surface area contributed by atoms with E-state index in [-0.39, 0.29) is 24.8 Å². The topological polar surface area (TPSA) is 17.1 Å². The van der Waals surface area contributed by atoms with Gasteiger partial charge in [-0.2, -0.15) is 0 Å². The molecule has 0 aliphatic heterocycles. The predicted molar refractivity (Wildman–Crippen MR) is 11.1 cm³/mol. The van der Waals surface area contributed by atoms with Gasteiger partial charge in [-0.05, 0) is 0 Å². The van der Waals surface area contributed by atoms with Gasteiger partial charge in [-0.1, -0.05) is 7.43 Å². The first-order valence-electron chi connectivity index (χ1n) is 0.204. The van der Waals surface area contributed by atoms with Gasteiger partial charge >= 0.3 is 0 Å². The summed E-state index contributed by atoms with van der Waals surface area (Å²) in [6, 6.07) is 0. The van der Waals surface area contributed by atoms with Crippen LogP contribution in [0.4, 0.5) is 0 Å². The Labute approximate surface area is 37.1 Å². The molecule has 0 aliphatic carbocycles. The molecule has 0 heterocycles. The molecule has 4 heavy (non-hydrogen) atoms. The van der Waals surface area contributed by atoms with Crippen LogP contribution in [0.5, 0.6) is 0 Å². The molecule has 2 heteroatoms. The molecule has 0 aromatic rings. The first kappa shape index (κ1) is 29.8. The van der Waals surface area contributed by atoms with Gasteiger partial charge < -0.3 is 0 Å². The third kappa shape index (κ3) is 77.7. The van der Waals surface area contributed by atoms with E-state index in [1.807, 2.05) is 0 Å². The standard InChI is InChI=1S/CO.CH2.Cr/c1-2;;/h;1H2;. The van der Waals surface area contributed by atoms with Crippen molar-refractivity contribution in [3.63, 3.8) is 0 Å². The Morgan fingerprint density at radius 2 is 1.25 bits per heavy atom. The van der Waals surface area contributed by atoms with E-state index in [0.717, 1.165) is 0 Å². The van der Waals surface area contributed by atoms with Crippen LogP contribution in [0, 0.1) is 7.43 Å². The molecule has 0 spiro atoms. The second kappa shape index (κ2) is 379. The largest absolute Gasteiger partial charge is 0.281 e. The van der Waals surface area contributed by atoms with E-state index < -0.39 is 0 Å². The SMILES string of the molecule is [CH2].[C]=O.[Cr]. The molecule has 0 atom stereocenters. The van der Waals surface area contributed by atoms with Crippen molar-refractivity contribution in [3.8, 4) is 0 Å². The number of rotatable bonds is 0. The Balaban J connectivity index is -0.00000000500. The molecule has 0 aliphatic rings. The molecule has 0 saturated heterocycles. The van der Waals surface area contributed by atoms with Gasteiger partial charge in [0.2, 0.25) is 0 Å². The van der Waals surface area contributed by atoms with Crippen LogP contribution in [0.3, 0.4) is 0 Å². The average molecular weight is 94.0 g/mol. The van der Waals surface area contributed by atoms with Crippen molar-refractivity contribution in [1.82, 2.24) is 0 Å². The molecule has 22 valence electrons. The molecule has 0 aromatic carbocycles. The van der Waals surface area contributed by atoms with E-state index in [0.29, 0.717) is 0 Å². The molecule has 4 radical (unpaired) electrons. The summed E-state index contributed by atoms with van der Waals surface area (Å²) < 4.78 is 0. The van der Waals surface area contributed by atoms with Crippen molar-refractivity contribution in [3.05, 3.63) is 7.43 Å². The van der Waals surface area contributed by atoms with Crippen LogP contribution in [0.2, 0.25) is 0 Å². The average Bonchev–Trinajstić information content (AvgIpc) is 1.00. The van der Waals surface area contributed by atoms with E-state index in [9.17, 15) is 0 Å². The van der Waals surface area contributed by atoms with Gasteiger partial charge in [0, 0.05) is 17.4 Å². The third-order valence-corrected chi connectivity index (χ3v) is 0. The van der Waals surface area contributed by atoms with Gasteiger partial charge in [0.05, 0.1) is 0 Å². The smallest absolute Gasteiger partial charge is 0.281 e. The Morgan fingerprint density at radius 1 is 1.25 bits per heavy atom. The van der Waals surface area contributed by atoms with E-state index in [1.54, 1.807) is 0 Å². The summed E-state index contributed by atoms with van der Waals surface area (Å²) >= 11 is 0. The second-order valence-corrected chi connectivity index (χ2v) is 0. The van der Waals surface area contributed by atoms with Crippen LogP contribution in [-0.2, 0) is 22.2 Å². The van der Waals surface area contributed by atoms with Gasteiger partial charge in [0.1, 0.15) is 0 Å². The normalized spacial score (nSPS) is 1.00. The number of carbonyl (C=O) groups excluding carboxylic acids is 1. The maximum Gasteiger partial charge on any atom is 0.281 e. The van der Waals surface area contributed by atoms with Crippen LogP contribution in [0.1, 0.15) is 0 Å². The molecule has 0 aromatic heterocycles. The molecule has 0 saturated carbocycles. The summed E-state index contributed by atoms with van der Waals surface area (Å²) in [5.41, 5.74) is 0. The van der Waals surface area contributed by atoms with Gasteiger partial charge in [0.25, 0.3) is 6.79 Å². The van der Waals surface area contributed by atoms with E-state index in [4.69, 9.17) is 4.79 Å². The molecule has 1 nitrogen and oxygen atoms in total. The summed E-state index contributed by atoms with van der Waals surface area (Å²) in [6.45, 7) is 4.50. The van der Waals surface area contributed by atoms with Gasteiger partial charge in [-0.3, -0.25) is 4.79 Å². The first-order chi connectivity index (χ1) is 1.00. The van der Waals surface area contributed by atoms with Gasteiger partial charge in [0.15, 0.2) is 0 Å². The van der Waals surface area contributed by atoms with Crippen molar-refractivity contribution < 1.29 is 22.2 Å². The maximum atomic E-state index is 7.50. The second-order valence-electron chi connectivity index (χ2n) is 0.